The molecule has 0 bridgehead atoms. The summed E-state index contributed by atoms with van der Waals surface area (Å²) in [5.41, 5.74) is 11.4. The molecule has 0 radical (unpaired) electrons. The molecule has 174 valence electrons. The Bertz CT molecular complexity index is 1450. The quantitative estimate of drug-likeness (QED) is 0.255. The van der Waals surface area contributed by atoms with Crippen molar-refractivity contribution < 1.29 is 0 Å². The van der Waals surface area contributed by atoms with Gasteiger partial charge in [-0.05, 0) is 83.3 Å². The van der Waals surface area contributed by atoms with Gasteiger partial charge in [0.05, 0.1) is 5.52 Å². The van der Waals surface area contributed by atoms with Crippen LogP contribution in [0, 0.1) is 6.92 Å². The van der Waals surface area contributed by atoms with Gasteiger partial charge in [0.2, 0.25) is 0 Å². The van der Waals surface area contributed by atoms with Crippen molar-refractivity contribution in [2.45, 2.75) is 39.5 Å². The summed E-state index contributed by atoms with van der Waals surface area (Å²) in [6.45, 7) is 10.6. The number of hydrogen-bond donors (Lipinski definition) is 0. The summed E-state index contributed by atoms with van der Waals surface area (Å²) in [7, 11) is 0. The fourth-order valence-corrected chi connectivity index (χ4v) is 4.96. The zero-order valence-corrected chi connectivity index (χ0v) is 21.0. The summed E-state index contributed by atoms with van der Waals surface area (Å²) in [6, 6.07) is 24.7. The molecule has 5 rings (SSSR count). The number of benzene rings is 3. The van der Waals surface area contributed by atoms with E-state index >= 15 is 0 Å². The summed E-state index contributed by atoms with van der Waals surface area (Å²) in [4.78, 5) is 0. The summed E-state index contributed by atoms with van der Waals surface area (Å²) < 4.78 is 2.38. The number of aromatic nitrogens is 1. The molecule has 0 unspecified atom stereocenters. The molecule has 1 nitrogen and oxygen atoms in total. The van der Waals surface area contributed by atoms with E-state index in [0.29, 0.717) is 5.92 Å². The van der Waals surface area contributed by atoms with Crippen LogP contribution in [-0.4, -0.2) is 4.57 Å². The van der Waals surface area contributed by atoms with E-state index in [2.05, 4.69) is 123 Å². The summed E-state index contributed by atoms with van der Waals surface area (Å²) >= 11 is 0. The average molecular weight is 456 g/mol. The first-order valence-electron chi connectivity index (χ1n) is 12.6. The van der Waals surface area contributed by atoms with Gasteiger partial charge in [0.15, 0.2) is 0 Å². The largest absolute Gasteiger partial charge is 0.310 e. The van der Waals surface area contributed by atoms with Gasteiger partial charge in [-0.2, -0.15) is 0 Å². The molecule has 1 heteroatoms. The number of fused-ring (bicyclic) bond motifs is 1. The van der Waals surface area contributed by atoms with Gasteiger partial charge in [0.25, 0.3) is 0 Å². The van der Waals surface area contributed by atoms with Gasteiger partial charge >= 0.3 is 0 Å². The van der Waals surface area contributed by atoms with Gasteiger partial charge in [-0.1, -0.05) is 99.3 Å². The molecular formula is C34H33N. The number of aryl methyl sites for hydroxylation is 1. The second-order valence-corrected chi connectivity index (χ2v) is 9.64. The van der Waals surface area contributed by atoms with Crippen molar-refractivity contribution in [2.75, 3.05) is 0 Å². The molecule has 35 heavy (non-hydrogen) atoms. The Labute approximate surface area is 209 Å². The molecule has 0 fully saturated rings. The zero-order valence-electron chi connectivity index (χ0n) is 21.0. The van der Waals surface area contributed by atoms with Crippen LogP contribution in [0.1, 0.15) is 49.4 Å². The van der Waals surface area contributed by atoms with E-state index in [1.54, 1.807) is 0 Å². The van der Waals surface area contributed by atoms with Crippen LogP contribution >= 0.6 is 0 Å². The van der Waals surface area contributed by atoms with E-state index in [1.807, 2.05) is 12.2 Å². The van der Waals surface area contributed by atoms with Crippen molar-refractivity contribution >= 4 is 22.7 Å². The van der Waals surface area contributed by atoms with Crippen molar-refractivity contribution in [3.63, 3.8) is 0 Å². The monoisotopic (exact) mass is 455 g/mol. The predicted molar refractivity (Wildman–Crippen MR) is 154 cm³/mol. The second-order valence-electron chi connectivity index (χ2n) is 9.64. The lowest BCUT2D eigenvalue weighted by atomic mass is 9.96. The number of rotatable bonds is 6. The number of nitrogens with zero attached hydrogens (tertiary/aromatic N) is 1. The topological polar surface area (TPSA) is 4.93 Å². The molecular weight excluding hydrogens is 422 g/mol. The molecule has 0 aliphatic heterocycles. The molecule has 0 atom stereocenters. The predicted octanol–water partition coefficient (Wildman–Crippen LogP) is 9.80. The number of hydrogen-bond acceptors (Lipinski definition) is 0. The molecule has 1 aliphatic carbocycles. The van der Waals surface area contributed by atoms with Crippen LogP contribution in [0.3, 0.4) is 0 Å². The van der Waals surface area contributed by atoms with Gasteiger partial charge in [-0.25, -0.2) is 0 Å². The lowest BCUT2D eigenvalue weighted by Gasteiger charge is -2.13. The summed E-state index contributed by atoms with van der Waals surface area (Å²) in [5.74, 6) is 0.554. The maximum absolute atomic E-state index is 3.87. The van der Waals surface area contributed by atoms with E-state index in [4.69, 9.17) is 0 Å². The zero-order chi connectivity index (χ0) is 24.4. The Balaban J connectivity index is 1.53. The highest BCUT2D eigenvalue weighted by Gasteiger charge is 2.16. The van der Waals surface area contributed by atoms with Gasteiger partial charge in [0, 0.05) is 16.8 Å². The highest BCUT2D eigenvalue weighted by atomic mass is 15.0. The molecule has 0 amide bonds. The molecule has 0 N–H and O–H groups in total. The minimum atomic E-state index is 0.554. The van der Waals surface area contributed by atoms with Crippen molar-refractivity contribution in [1.82, 2.24) is 4.57 Å². The molecule has 1 heterocycles. The van der Waals surface area contributed by atoms with Crippen molar-refractivity contribution in [3.05, 3.63) is 121 Å². The van der Waals surface area contributed by atoms with E-state index in [-0.39, 0.29) is 0 Å². The molecule has 0 saturated carbocycles. The van der Waals surface area contributed by atoms with E-state index in [9.17, 15) is 0 Å². The van der Waals surface area contributed by atoms with Crippen LogP contribution in [0.15, 0.2) is 104 Å². The van der Waals surface area contributed by atoms with Gasteiger partial charge < -0.3 is 4.57 Å². The third-order valence-corrected chi connectivity index (χ3v) is 7.02. The van der Waals surface area contributed by atoms with Crippen LogP contribution in [0.5, 0.6) is 0 Å². The minimum absolute atomic E-state index is 0.554. The summed E-state index contributed by atoms with van der Waals surface area (Å²) in [6.07, 6.45) is 15.1. The fourth-order valence-electron chi connectivity index (χ4n) is 4.96. The Morgan fingerprint density at radius 3 is 2.06 bits per heavy atom. The highest BCUT2D eigenvalue weighted by molar-refractivity contribution is 5.95. The first-order valence-corrected chi connectivity index (χ1v) is 12.6. The molecule has 1 aliphatic rings. The van der Waals surface area contributed by atoms with Gasteiger partial charge in [-0.3, -0.25) is 0 Å². The Morgan fingerprint density at radius 1 is 0.829 bits per heavy atom. The molecule has 0 spiro atoms. The maximum atomic E-state index is 3.87. The first-order chi connectivity index (χ1) is 17.1. The SMILES string of the molecule is C=C/C=C\c1c(C)c2cc(-c3ccc(-c4ccc(C(C)C)cc4)cc3)ccc2n1C1=CCCC=C1. The van der Waals surface area contributed by atoms with Crippen LogP contribution < -0.4 is 0 Å². The fraction of sp³-hybridized carbons (Fsp3) is 0.176. The summed E-state index contributed by atoms with van der Waals surface area (Å²) in [5, 5.41) is 1.29. The molecule has 1 aromatic heterocycles. The molecule has 0 saturated heterocycles. The third-order valence-electron chi connectivity index (χ3n) is 7.02. The Hall–Kier alpha value is -3.84. The van der Waals surface area contributed by atoms with E-state index in [1.165, 1.54) is 55.7 Å². The van der Waals surface area contributed by atoms with Gasteiger partial charge in [0.1, 0.15) is 0 Å². The molecule has 4 aromatic rings. The molecule has 3 aromatic carbocycles. The van der Waals surface area contributed by atoms with Crippen LogP contribution in [0.25, 0.3) is 44.9 Å². The van der Waals surface area contributed by atoms with Crippen LogP contribution in [-0.2, 0) is 0 Å². The van der Waals surface area contributed by atoms with Crippen molar-refractivity contribution in [2.24, 2.45) is 0 Å². The Kier molecular flexibility index (Phi) is 6.42. The normalized spacial score (nSPS) is 13.7. The number of allylic oxidation sites excluding steroid dienone is 6. The maximum Gasteiger partial charge on any atom is 0.0537 e. The lowest BCUT2D eigenvalue weighted by Crippen LogP contribution is -1.99. The standard InChI is InChI=1S/C34H33N/c1-5-6-12-33-25(4)32-23-30(21-22-34(32)35(33)31-10-8-7-9-11-31)29-19-17-28(18-20-29)27-15-13-26(14-16-27)24(2)3/h5-6,8,10-24H,1,7,9H2,2-4H3/b12-6-. The third kappa shape index (κ3) is 4.47. The van der Waals surface area contributed by atoms with E-state index < -0.39 is 0 Å². The van der Waals surface area contributed by atoms with Gasteiger partial charge in [-0.15, -0.1) is 0 Å². The average Bonchev–Trinajstić information content (AvgIpc) is 3.18. The Morgan fingerprint density at radius 2 is 1.46 bits per heavy atom. The smallest absolute Gasteiger partial charge is 0.0537 e. The second kappa shape index (κ2) is 9.80. The van der Waals surface area contributed by atoms with E-state index in [0.717, 1.165) is 12.8 Å². The van der Waals surface area contributed by atoms with Crippen molar-refractivity contribution in [3.8, 4) is 22.3 Å². The highest BCUT2D eigenvalue weighted by Crippen LogP contribution is 2.35. The van der Waals surface area contributed by atoms with Crippen LogP contribution in [0.4, 0.5) is 0 Å². The van der Waals surface area contributed by atoms with Crippen LogP contribution in [0.2, 0.25) is 0 Å². The minimum Gasteiger partial charge on any atom is -0.310 e. The first kappa shape index (κ1) is 22.9. The lowest BCUT2D eigenvalue weighted by molar-refractivity contribution is 0.867. The van der Waals surface area contributed by atoms with Crippen molar-refractivity contribution in [1.29, 1.82) is 0 Å².